The molecule has 100 valence electrons. The van der Waals surface area contributed by atoms with E-state index in [1.807, 2.05) is 11.8 Å². The monoisotopic (exact) mass is 240 g/mol. The highest BCUT2D eigenvalue weighted by Crippen LogP contribution is 2.44. The molecule has 0 bridgehead atoms. The molecule has 0 aromatic heterocycles. The normalized spacial score (nSPS) is 18.6. The second-order valence-corrected chi connectivity index (χ2v) is 5.76. The van der Waals surface area contributed by atoms with Gasteiger partial charge in [-0.1, -0.05) is 26.7 Å². The van der Waals surface area contributed by atoms with E-state index in [1.165, 1.54) is 12.8 Å². The fourth-order valence-corrected chi connectivity index (χ4v) is 3.23. The van der Waals surface area contributed by atoms with Gasteiger partial charge in [-0.05, 0) is 32.1 Å². The molecule has 1 aliphatic carbocycles. The molecule has 1 fully saturated rings. The number of amides is 1. The highest BCUT2D eigenvalue weighted by molar-refractivity contribution is 5.83. The van der Waals surface area contributed by atoms with Crippen molar-refractivity contribution in [2.75, 3.05) is 19.6 Å². The SMILES string of the molecule is CCN(CCN)C(=O)C1(CC(C)C)CCCC1. The van der Waals surface area contributed by atoms with Gasteiger partial charge in [0.25, 0.3) is 0 Å². The van der Waals surface area contributed by atoms with Crippen LogP contribution in [-0.4, -0.2) is 30.4 Å². The van der Waals surface area contributed by atoms with Crippen LogP contribution in [0.3, 0.4) is 0 Å². The zero-order valence-corrected chi connectivity index (χ0v) is 11.7. The molecule has 0 aliphatic heterocycles. The molecule has 1 saturated carbocycles. The van der Waals surface area contributed by atoms with E-state index in [-0.39, 0.29) is 5.41 Å². The third-order valence-electron chi connectivity index (χ3n) is 3.88. The van der Waals surface area contributed by atoms with Crippen LogP contribution in [0.2, 0.25) is 0 Å². The summed E-state index contributed by atoms with van der Waals surface area (Å²) in [5.41, 5.74) is 5.52. The van der Waals surface area contributed by atoms with E-state index in [2.05, 4.69) is 13.8 Å². The zero-order valence-electron chi connectivity index (χ0n) is 11.7. The van der Waals surface area contributed by atoms with Crippen molar-refractivity contribution in [1.82, 2.24) is 4.90 Å². The van der Waals surface area contributed by atoms with Gasteiger partial charge in [-0.25, -0.2) is 0 Å². The molecule has 0 saturated heterocycles. The summed E-state index contributed by atoms with van der Waals surface area (Å²) in [7, 11) is 0. The lowest BCUT2D eigenvalue weighted by Crippen LogP contribution is -2.45. The number of nitrogens with zero attached hydrogens (tertiary/aromatic N) is 1. The molecule has 1 rings (SSSR count). The van der Waals surface area contributed by atoms with Crippen LogP contribution in [-0.2, 0) is 4.79 Å². The van der Waals surface area contributed by atoms with Crippen LogP contribution >= 0.6 is 0 Å². The van der Waals surface area contributed by atoms with Crippen LogP contribution < -0.4 is 5.73 Å². The maximum atomic E-state index is 12.7. The molecule has 0 unspecified atom stereocenters. The molecule has 1 amide bonds. The Hall–Kier alpha value is -0.570. The van der Waals surface area contributed by atoms with Crippen molar-refractivity contribution in [3.8, 4) is 0 Å². The average molecular weight is 240 g/mol. The Bertz CT molecular complexity index is 245. The summed E-state index contributed by atoms with van der Waals surface area (Å²) in [6.45, 7) is 8.53. The van der Waals surface area contributed by atoms with Gasteiger partial charge in [0, 0.05) is 25.0 Å². The van der Waals surface area contributed by atoms with Crippen molar-refractivity contribution in [3.63, 3.8) is 0 Å². The number of rotatable bonds is 6. The highest BCUT2D eigenvalue weighted by Gasteiger charge is 2.43. The Morgan fingerprint density at radius 2 is 1.94 bits per heavy atom. The average Bonchev–Trinajstić information content (AvgIpc) is 2.73. The summed E-state index contributed by atoms with van der Waals surface area (Å²) in [5.74, 6) is 0.949. The molecule has 0 aromatic carbocycles. The Morgan fingerprint density at radius 1 is 1.35 bits per heavy atom. The minimum Gasteiger partial charge on any atom is -0.341 e. The quantitative estimate of drug-likeness (QED) is 0.775. The fraction of sp³-hybridized carbons (Fsp3) is 0.929. The van der Waals surface area contributed by atoms with Gasteiger partial charge in [0.05, 0.1) is 0 Å². The van der Waals surface area contributed by atoms with Crippen molar-refractivity contribution in [3.05, 3.63) is 0 Å². The van der Waals surface area contributed by atoms with E-state index >= 15 is 0 Å². The second kappa shape index (κ2) is 6.39. The molecule has 0 radical (unpaired) electrons. The Kier molecular flexibility index (Phi) is 5.44. The van der Waals surface area contributed by atoms with Crippen LogP contribution in [0, 0.1) is 11.3 Å². The minimum absolute atomic E-state index is 0.0701. The standard InChI is InChI=1S/C14H28N2O/c1-4-16(10-9-15)13(17)14(11-12(2)3)7-5-6-8-14/h12H,4-11,15H2,1-3H3. The van der Waals surface area contributed by atoms with Gasteiger partial charge in [-0.2, -0.15) is 0 Å². The third kappa shape index (κ3) is 3.44. The van der Waals surface area contributed by atoms with Crippen LogP contribution in [0.4, 0.5) is 0 Å². The Balaban J connectivity index is 2.78. The second-order valence-electron chi connectivity index (χ2n) is 5.76. The van der Waals surface area contributed by atoms with Crippen LogP contribution in [0.25, 0.3) is 0 Å². The van der Waals surface area contributed by atoms with Crippen molar-refractivity contribution in [1.29, 1.82) is 0 Å². The maximum Gasteiger partial charge on any atom is 0.228 e. The van der Waals surface area contributed by atoms with E-state index in [0.717, 1.165) is 25.8 Å². The first-order chi connectivity index (χ1) is 8.05. The van der Waals surface area contributed by atoms with Gasteiger partial charge < -0.3 is 10.6 Å². The summed E-state index contributed by atoms with van der Waals surface area (Å²) in [5, 5.41) is 0. The van der Waals surface area contributed by atoms with Crippen molar-refractivity contribution >= 4 is 5.91 Å². The van der Waals surface area contributed by atoms with E-state index in [4.69, 9.17) is 5.73 Å². The van der Waals surface area contributed by atoms with Gasteiger partial charge in [-0.3, -0.25) is 4.79 Å². The Labute approximate surface area is 106 Å². The van der Waals surface area contributed by atoms with Gasteiger partial charge in [0.1, 0.15) is 0 Å². The van der Waals surface area contributed by atoms with Crippen molar-refractivity contribution in [2.45, 2.75) is 52.9 Å². The van der Waals surface area contributed by atoms with Crippen molar-refractivity contribution < 1.29 is 4.79 Å². The molecule has 0 atom stereocenters. The number of hydrogen-bond donors (Lipinski definition) is 1. The summed E-state index contributed by atoms with van der Waals surface area (Å²) in [6.07, 6.45) is 5.60. The molecule has 2 N–H and O–H groups in total. The van der Waals surface area contributed by atoms with Gasteiger partial charge >= 0.3 is 0 Å². The van der Waals surface area contributed by atoms with Crippen LogP contribution in [0.5, 0.6) is 0 Å². The summed E-state index contributed by atoms with van der Waals surface area (Å²) < 4.78 is 0. The highest BCUT2D eigenvalue weighted by atomic mass is 16.2. The number of carbonyl (C=O) groups is 1. The summed E-state index contributed by atoms with van der Waals surface area (Å²) >= 11 is 0. The largest absolute Gasteiger partial charge is 0.341 e. The molecule has 0 heterocycles. The van der Waals surface area contributed by atoms with Gasteiger partial charge in [0.2, 0.25) is 5.91 Å². The predicted octanol–water partition coefficient (Wildman–Crippen LogP) is 2.40. The molecular formula is C14H28N2O. The van der Waals surface area contributed by atoms with E-state index in [9.17, 15) is 4.79 Å². The van der Waals surface area contributed by atoms with E-state index in [1.54, 1.807) is 0 Å². The molecule has 17 heavy (non-hydrogen) atoms. The zero-order chi connectivity index (χ0) is 12.9. The fourth-order valence-electron chi connectivity index (χ4n) is 3.23. The molecule has 0 spiro atoms. The van der Waals surface area contributed by atoms with Crippen molar-refractivity contribution in [2.24, 2.45) is 17.1 Å². The number of likely N-dealkylation sites (N-methyl/N-ethyl adjacent to an activating group) is 1. The van der Waals surface area contributed by atoms with Gasteiger partial charge in [-0.15, -0.1) is 0 Å². The number of nitrogens with two attached hydrogens (primary N) is 1. The first-order valence-corrected chi connectivity index (χ1v) is 7.05. The van der Waals surface area contributed by atoms with Gasteiger partial charge in [0.15, 0.2) is 0 Å². The van der Waals surface area contributed by atoms with Crippen LogP contribution in [0.15, 0.2) is 0 Å². The predicted molar refractivity (Wildman–Crippen MR) is 71.7 cm³/mol. The maximum absolute atomic E-state index is 12.7. The smallest absolute Gasteiger partial charge is 0.228 e. The summed E-state index contributed by atoms with van der Waals surface area (Å²) in [6, 6.07) is 0. The molecule has 1 aliphatic rings. The molecule has 0 aromatic rings. The number of carbonyl (C=O) groups excluding carboxylic acids is 1. The lowest BCUT2D eigenvalue weighted by molar-refractivity contribution is -0.142. The molecule has 3 heteroatoms. The molecular weight excluding hydrogens is 212 g/mol. The molecule has 3 nitrogen and oxygen atoms in total. The first-order valence-electron chi connectivity index (χ1n) is 7.05. The lowest BCUT2D eigenvalue weighted by atomic mass is 9.77. The lowest BCUT2D eigenvalue weighted by Gasteiger charge is -2.35. The number of hydrogen-bond acceptors (Lipinski definition) is 2. The Morgan fingerprint density at radius 3 is 2.35 bits per heavy atom. The first kappa shape index (κ1) is 14.5. The van der Waals surface area contributed by atoms with Crippen LogP contribution in [0.1, 0.15) is 52.9 Å². The van der Waals surface area contributed by atoms with E-state index in [0.29, 0.717) is 24.9 Å². The summed E-state index contributed by atoms with van der Waals surface area (Å²) in [4.78, 5) is 14.6. The topological polar surface area (TPSA) is 46.3 Å². The van der Waals surface area contributed by atoms with E-state index < -0.39 is 0 Å². The third-order valence-corrected chi connectivity index (χ3v) is 3.88. The minimum atomic E-state index is -0.0701.